The highest BCUT2D eigenvalue weighted by molar-refractivity contribution is 6.35. The van der Waals surface area contributed by atoms with Crippen LogP contribution in [0.15, 0.2) is 70.8 Å². The molecule has 3 aromatic heterocycles. The molecule has 0 radical (unpaired) electrons. The molecule has 0 unspecified atom stereocenters. The lowest BCUT2D eigenvalue weighted by molar-refractivity contribution is -0.189. The second kappa shape index (κ2) is 13.0. The van der Waals surface area contributed by atoms with E-state index < -0.39 is 5.79 Å². The fourth-order valence-corrected chi connectivity index (χ4v) is 7.01. The number of imidazole rings is 2. The molecule has 0 bridgehead atoms. The predicted octanol–water partition coefficient (Wildman–Crippen LogP) is 3.63. The third-order valence-electron chi connectivity index (χ3n) is 9.00. The summed E-state index contributed by atoms with van der Waals surface area (Å²) in [5, 5.41) is 0.992. The van der Waals surface area contributed by atoms with Crippen LogP contribution in [0.25, 0.3) is 11.2 Å². The van der Waals surface area contributed by atoms with Crippen molar-refractivity contribution in [1.82, 2.24) is 28.2 Å². The van der Waals surface area contributed by atoms with Gasteiger partial charge in [-0.1, -0.05) is 29.3 Å². The molecule has 0 saturated carbocycles. The van der Waals surface area contributed by atoms with Gasteiger partial charge < -0.3 is 33.1 Å². The Morgan fingerprint density at radius 3 is 2.44 bits per heavy atom. The second-order valence-corrected chi connectivity index (χ2v) is 12.8. The summed E-state index contributed by atoms with van der Waals surface area (Å²) in [6.07, 6.45) is 4.93. The Morgan fingerprint density at radius 1 is 1.00 bits per heavy atom. The SMILES string of the molecule is CCn1c(N2CCN(c3ccc(OC[C@@H]4CO[C@@](Cn5ccnc5)(c5ccc(Cl)cc5Cl)O4)cc3)CC2)nc2c1c(=O)n(C)c(=O)n2C. The van der Waals surface area contributed by atoms with E-state index in [1.165, 1.54) is 11.6 Å². The molecule has 5 heterocycles. The fourth-order valence-electron chi connectivity index (χ4n) is 6.46. The zero-order chi connectivity index (χ0) is 33.6. The summed E-state index contributed by atoms with van der Waals surface area (Å²) in [4.78, 5) is 38.8. The number of halogens is 2. The topological polar surface area (TPSA) is 114 Å². The second-order valence-electron chi connectivity index (χ2n) is 12.0. The standard InChI is InChI=1S/C33H36Cl2N8O5/c1-4-43-28-29(38(2)32(45)39(3)30(28)44)37-31(43)42-15-13-41(14-16-42)23-6-8-24(9-7-23)46-18-25-19-47-33(48-25,20-40-12-11-36-21-40)26-10-5-22(34)17-27(26)35/h5-12,17,21,25H,4,13-16,18-20H2,1-3H3/t25-,33-/m1/s1. The number of piperazine rings is 1. The molecule has 15 heteroatoms. The van der Waals surface area contributed by atoms with Crippen molar-refractivity contribution in [1.29, 1.82) is 0 Å². The Morgan fingerprint density at radius 2 is 1.75 bits per heavy atom. The van der Waals surface area contributed by atoms with Gasteiger partial charge in [0.1, 0.15) is 18.5 Å². The van der Waals surface area contributed by atoms with Crippen molar-refractivity contribution < 1.29 is 14.2 Å². The van der Waals surface area contributed by atoms with Gasteiger partial charge in [0, 0.05) is 75.5 Å². The Hall–Kier alpha value is -4.30. The third kappa shape index (κ3) is 5.85. The smallest absolute Gasteiger partial charge is 0.332 e. The minimum absolute atomic E-state index is 0.294. The van der Waals surface area contributed by atoms with Gasteiger partial charge in [-0.05, 0) is 43.3 Å². The molecule has 252 valence electrons. The Bertz CT molecular complexity index is 2050. The van der Waals surface area contributed by atoms with Crippen LogP contribution in [-0.4, -0.2) is 73.7 Å². The number of aromatic nitrogens is 6. The van der Waals surface area contributed by atoms with E-state index in [4.69, 9.17) is 42.4 Å². The number of hydrogen-bond acceptors (Lipinski definition) is 9. The van der Waals surface area contributed by atoms with Crippen LogP contribution in [0.2, 0.25) is 10.0 Å². The number of hydrogen-bond donors (Lipinski definition) is 0. The van der Waals surface area contributed by atoms with Gasteiger partial charge in [0.05, 0.1) is 24.5 Å². The van der Waals surface area contributed by atoms with Crippen LogP contribution in [0.3, 0.4) is 0 Å². The average Bonchev–Trinajstić information content (AvgIpc) is 3.85. The maximum atomic E-state index is 13.0. The number of aryl methyl sites for hydroxylation is 2. The van der Waals surface area contributed by atoms with Crippen molar-refractivity contribution >= 4 is 46.0 Å². The monoisotopic (exact) mass is 694 g/mol. The molecular weight excluding hydrogens is 659 g/mol. The molecule has 0 spiro atoms. The summed E-state index contributed by atoms with van der Waals surface area (Å²) in [5.41, 5.74) is 1.91. The van der Waals surface area contributed by atoms with Gasteiger partial charge in [0.2, 0.25) is 11.7 Å². The molecule has 0 aliphatic carbocycles. The van der Waals surface area contributed by atoms with Crippen LogP contribution in [0.5, 0.6) is 5.75 Å². The summed E-state index contributed by atoms with van der Waals surface area (Å²) in [6, 6.07) is 13.3. The van der Waals surface area contributed by atoms with Gasteiger partial charge in [0.15, 0.2) is 11.2 Å². The highest BCUT2D eigenvalue weighted by atomic mass is 35.5. The summed E-state index contributed by atoms with van der Waals surface area (Å²) < 4.78 is 25.3. The van der Waals surface area contributed by atoms with Crippen LogP contribution in [0.1, 0.15) is 12.5 Å². The lowest BCUT2D eigenvalue weighted by Gasteiger charge is -2.36. The molecule has 48 heavy (non-hydrogen) atoms. The number of rotatable bonds is 9. The lowest BCUT2D eigenvalue weighted by atomic mass is 10.1. The van der Waals surface area contributed by atoms with Gasteiger partial charge in [-0.25, -0.2) is 9.78 Å². The third-order valence-corrected chi connectivity index (χ3v) is 9.54. The Balaban J connectivity index is 0.987. The highest BCUT2D eigenvalue weighted by Gasteiger charge is 2.45. The molecule has 0 N–H and O–H groups in total. The quantitative estimate of drug-likeness (QED) is 0.228. The van der Waals surface area contributed by atoms with Crippen molar-refractivity contribution in [3.05, 3.63) is 97.6 Å². The van der Waals surface area contributed by atoms with Crippen molar-refractivity contribution in [3.8, 4) is 5.75 Å². The summed E-state index contributed by atoms with van der Waals surface area (Å²) in [5.74, 6) is 0.316. The molecule has 0 amide bonds. The van der Waals surface area contributed by atoms with E-state index in [9.17, 15) is 9.59 Å². The van der Waals surface area contributed by atoms with E-state index in [0.29, 0.717) is 72.1 Å². The molecule has 2 atom stereocenters. The van der Waals surface area contributed by atoms with Gasteiger partial charge in [-0.3, -0.25) is 13.9 Å². The molecule has 2 aliphatic heterocycles. The summed E-state index contributed by atoms with van der Waals surface area (Å²) in [6.45, 7) is 6.50. The molecular formula is C33H36Cl2N8O5. The molecule has 2 saturated heterocycles. The number of nitrogens with zero attached hydrogens (tertiary/aromatic N) is 8. The van der Waals surface area contributed by atoms with Crippen LogP contribution in [0.4, 0.5) is 11.6 Å². The van der Waals surface area contributed by atoms with Crippen LogP contribution in [0, 0.1) is 0 Å². The predicted molar refractivity (Wildman–Crippen MR) is 183 cm³/mol. The van der Waals surface area contributed by atoms with E-state index >= 15 is 0 Å². The van der Waals surface area contributed by atoms with Crippen molar-refractivity contribution in [3.63, 3.8) is 0 Å². The van der Waals surface area contributed by atoms with Gasteiger partial charge >= 0.3 is 5.69 Å². The van der Waals surface area contributed by atoms with Gasteiger partial charge in [-0.2, -0.15) is 4.98 Å². The minimum Gasteiger partial charge on any atom is -0.491 e. The molecule has 7 rings (SSSR count). The molecule has 2 fully saturated rings. The fraction of sp³-hybridized carbons (Fsp3) is 0.394. The maximum Gasteiger partial charge on any atom is 0.332 e. The number of benzene rings is 2. The Kier molecular flexibility index (Phi) is 8.71. The van der Waals surface area contributed by atoms with Crippen LogP contribution in [-0.2, 0) is 42.4 Å². The Labute approximate surface area is 286 Å². The molecule has 5 aromatic rings. The first-order valence-corrected chi connectivity index (χ1v) is 16.5. The van der Waals surface area contributed by atoms with E-state index in [1.54, 1.807) is 31.7 Å². The average molecular weight is 696 g/mol. The molecule has 2 aromatic carbocycles. The van der Waals surface area contributed by atoms with Gasteiger partial charge in [-0.15, -0.1) is 0 Å². The first-order chi connectivity index (χ1) is 23.2. The van der Waals surface area contributed by atoms with Crippen LogP contribution >= 0.6 is 23.2 Å². The first kappa shape index (κ1) is 32.3. The number of fused-ring (bicyclic) bond motifs is 1. The maximum absolute atomic E-state index is 13.0. The zero-order valence-electron chi connectivity index (χ0n) is 26.9. The van der Waals surface area contributed by atoms with Crippen LogP contribution < -0.4 is 25.8 Å². The van der Waals surface area contributed by atoms with Crippen molar-refractivity contribution in [2.24, 2.45) is 14.1 Å². The molecule has 13 nitrogen and oxygen atoms in total. The zero-order valence-corrected chi connectivity index (χ0v) is 28.4. The van der Waals surface area contributed by atoms with E-state index in [1.807, 2.05) is 40.5 Å². The summed E-state index contributed by atoms with van der Waals surface area (Å²) in [7, 11) is 3.14. The van der Waals surface area contributed by atoms with E-state index in [-0.39, 0.29) is 17.4 Å². The van der Waals surface area contributed by atoms with Gasteiger partial charge in [0.25, 0.3) is 5.56 Å². The normalized spacial score (nSPS) is 19.8. The summed E-state index contributed by atoms with van der Waals surface area (Å²) >= 11 is 12.8. The minimum atomic E-state index is -1.12. The largest absolute Gasteiger partial charge is 0.491 e. The highest BCUT2D eigenvalue weighted by Crippen LogP contribution is 2.40. The van der Waals surface area contributed by atoms with Crippen molar-refractivity contribution in [2.45, 2.75) is 31.9 Å². The number of ether oxygens (including phenoxy) is 3. The molecule has 2 aliphatic rings. The number of anilines is 2. The van der Waals surface area contributed by atoms with E-state index in [2.05, 4.69) is 26.9 Å². The lowest BCUT2D eigenvalue weighted by Crippen LogP contribution is -2.47. The van der Waals surface area contributed by atoms with Crippen molar-refractivity contribution in [2.75, 3.05) is 49.2 Å². The van der Waals surface area contributed by atoms with E-state index in [0.717, 1.165) is 29.1 Å². The first-order valence-electron chi connectivity index (χ1n) is 15.8.